The minimum atomic E-state index is -0.223. The number of esters is 1. The first-order valence-corrected chi connectivity index (χ1v) is 5.41. The Balaban J connectivity index is 2.02. The summed E-state index contributed by atoms with van der Waals surface area (Å²) in [5.41, 5.74) is 2.63. The molecule has 0 bridgehead atoms. The maximum atomic E-state index is 11.1. The molecule has 0 fully saturated rings. The Morgan fingerprint density at radius 1 is 1.53 bits per heavy atom. The molecule has 0 spiro atoms. The van der Waals surface area contributed by atoms with Gasteiger partial charge in [-0.05, 0) is 18.6 Å². The Kier molecular flexibility index (Phi) is 3.49. The van der Waals surface area contributed by atoms with Gasteiger partial charge in [0.25, 0.3) is 0 Å². The number of hydrogen-bond acceptors (Lipinski definition) is 4. The summed E-state index contributed by atoms with van der Waals surface area (Å²) in [5.74, 6) is -0.223. The molecule has 5 nitrogen and oxygen atoms in total. The molecule has 2 aromatic rings. The Morgan fingerprint density at radius 2 is 2.41 bits per heavy atom. The lowest BCUT2D eigenvalue weighted by molar-refractivity contribution is -0.142. The van der Waals surface area contributed by atoms with Crippen LogP contribution in [0.2, 0.25) is 0 Å². The molecule has 0 amide bonds. The first kappa shape index (κ1) is 11.3. The molecule has 0 aliphatic carbocycles. The molecule has 0 radical (unpaired) electrons. The second-order valence-corrected chi connectivity index (χ2v) is 3.48. The fraction of sp³-hybridized carbons (Fsp3) is 0.250. The fourth-order valence-electron chi connectivity index (χ4n) is 1.45. The van der Waals surface area contributed by atoms with E-state index in [9.17, 15) is 4.79 Å². The number of carbonyl (C=O) groups excluding carboxylic acids is 1. The minimum Gasteiger partial charge on any atom is -0.466 e. The Bertz CT molecular complexity index is 545. The summed E-state index contributed by atoms with van der Waals surface area (Å²) in [5, 5.41) is 6.73. The highest BCUT2D eigenvalue weighted by atomic mass is 16.5. The summed E-state index contributed by atoms with van der Waals surface area (Å²) in [7, 11) is 0. The molecule has 0 atom stereocenters. The van der Waals surface area contributed by atoms with Gasteiger partial charge in [0.1, 0.15) is 5.52 Å². The van der Waals surface area contributed by atoms with E-state index in [-0.39, 0.29) is 12.4 Å². The molecular formula is C12H13N3O2. The Labute approximate surface area is 98.5 Å². The van der Waals surface area contributed by atoms with Crippen molar-refractivity contribution >= 4 is 23.1 Å². The minimum absolute atomic E-state index is 0.223. The molecule has 0 aliphatic rings. The molecule has 0 saturated carbocycles. The van der Waals surface area contributed by atoms with Crippen molar-refractivity contribution in [1.82, 2.24) is 15.2 Å². The normalized spacial score (nSPS) is 11.1. The smallest absolute Gasteiger partial charge is 0.309 e. The predicted octanol–water partition coefficient (Wildman–Crippen LogP) is 1.92. The van der Waals surface area contributed by atoms with E-state index < -0.39 is 0 Å². The van der Waals surface area contributed by atoms with Crippen LogP contribution in [0.1, 0.15) is 18.9 Å². The van der Waals surface area contributed by atoms with E-state index >= 15 is 0 Å². The number of nitrogens with zero attached hydrogens (tertiary/aromatic N) is 2. The third-order valence-corrected chi connectivity index (χ3v) is 2.21. The molecule has 1 N–H and O–H groups in total. The largest absolute Gasteiger partial charge is 0.466 e. The second-order valence-electron chi connectivity index (χ2n) is 3.48. The highest BCUT2D eigenvalue weighted by molar-refractivity contribution is 5.76. The van der Waals surface area contributed by atoms with Crippen molar-refractivity contribution in [3.05, 3.63) is 30.1 Å². The summed E-state index contributed by atoms with van der Waals surface area (Å²) in [4.78, 5) is 15.3. The maximum Gasteiger partial charge on any atom is 0.309 e. The van der Waals surface area contributed by atoms with Crippen LogP contribution < -0.4 is 0 Å². The van der Waals surface area contributed by atoms with Crippen molar-refractivity contribution in [3.63, 3.8) is 0 Å². The van der Waals surface area contributed by atoms with Gasteiger partial charge in [-0.2, -0.15) is 5.10 Å². The molecule has 2 rings (SSSR count). The van der Waals surface area contributed by atoms with Crippen molar-refractivity contribution in [2.75, 3.05) is 6.61 Å². The number of rotatable bonds is 4. The molecule has 0 aliphatic heterocycles. The van der Waals surface area contributed by atoms with Gasteiger partial charge in [-0.25, -0.2) is 0 Å². The first-order chi connectivity index (χ1) is 8.29. The molecule has 5 heteroatoms. The highest BCUT2D eigenvalue weighted by Crippen LogP contribution is 2.10. The third-order valence-electron chi connectivity index (χ3n) is 2.21. The molecule has 0 aromatic carbocycles. The highest BCUT2D eigenvalue weighted by Gasteiger charge is 1.98. The van der Waals surface area contributed by atoms with Gasteiger partial charge in [0.05, 0.1) is 24.7 Å². The van der Waals surface area contributed by atoms with E-state index in [0.29, 0.717) is 6.61 Å². The standard InChI is InChI=1S/C12H13N3O2/c1-2-17-12(16)5-3-4-9-6-10-11(13-7-9)8-14-15-10/h3-4,6-8H,2,5H2,1H3,(H,14,15). The molecule has 0 unspecified atom stereocenters. The topological polar surface area (TPSA) is 67.9 Å². The SMILES string of the molecule is CCOC(=O)CC=Cc1cnc2cn[nH]c2c1. The predicted molar refractivity (Wildman–Crippen MR) is 64.2 cm³/mol. The van der Waals surface area contributed by atoms with Crippen molar-refractivity contribution in [3.8, 4) is 0 Å². The Morgan fingerprint density at radius 3 is 3.24 bits per heavy atom. The van der Waals surface area contributed by atoms with E-state index in [2.05, 4.69) is 15.2 Å². The number of aromatic nitrogens is 3. The van der Waals surface area contributed by atoms with Crippen molar-refractivity contribution in [2.45, 2.75) is 13.3 Å². The lowest BCUT2D eigenvalue weighted by Crippen LogP contribution is -2.01. The van der Waals surface area contributed by atoms with Crippen LogP contribution in [0.25, 0.3) is 17.1 Å². The van der Waals surface area contributed by atoms with Crippen molar-refractivity contribution in [1.29, 1.82) is 0 Å². The van der Waals surface area contributed by atoms with Crippen LogP contribution in [-0.2, 0) is 9.53 Å². The summed E-state index contributed by atoms with van der Waals surface area (Å²) in [6.45, 7) is 2.20. The van der Waals surface area contributed by atoms with Gasteiger partial charge in [0, 0.05) is 6.20 Å². The van der Waals surface area contributed by atoms with Gasteiger partial charge in [-0.15, -0.1) is 0 Å². The van der Waals surface area contributed by atoms with Gasteiger partial charge in [-0.1, -0.05) is 12.2 Å². The second kappa shape index (κ2) is 5.25. The molecular weight excluding hydrogens is 218 g/mol. The molecule has 88 valence electrons. The summed E-state index contributed by atoms with van der Waals surface area (Å²) in [6, 6.07) is 1.93. The number of nitrogens with one attached hydrogen (secondary N) is 1. The number of hydrogen-bond donors (Lipinski definition) is 1. The number of fused-ring (bicyclic) bond motifs is 1. The van der Waals surface area contributed by atoms with E-state index in [1.807, 2.05) is 12.1 Å². The number of aromatic amines is 1. The lowest BCUT2D eigenvalue weighted by Gasteiger charge is -1.97. The van der Waals surface area contributed by atoms with Crippen LogP contribution in [0.15, 0.2) is 24.5 Å². The summed E-state index contributed by atoms with van der Waals surface area (Å²) >= 11 is 0. The third kappa shape index (κ3) is 2.90. The zero-order chi connectivity index (χ0) is 12.1. The van der Waals surface area contributed by atoms with Gasteiger partial charge < -0.3 is 4.74 Å². The summed E-state index contributed by atoms with van der Waals surface area (Å²) in [6.07, 6.45) is 7.28. The van der Waals surface area contributed by atoms with Gasteiger partial charge in [0.15, 0.2) is 0 Å². The average molecular weight is 231 g/mol. The van der Waals surface area contributed by atoms with E-state index in [4.69, 9.17) is 4.74 Å². The average Bonchev–Trinajstić information content (AvgIpc) is 2.76. The number of ether oxygens (including phenoxy) is 1. The van der Waals surface area contributed by atoms with Gasteiger partial charge >= 0.3 is 5.97 Å². The number of H-pyrrole nitrogens is 1. The van der Waals surface area contributed by atoms with Crippen LogP contribution in [0.5, 0.6) is 0 Å². The quantitative estimate of drug-likeness (QED) is 0.816. The molecule has 0 saturated heterocycles. The number of pyridine rings is 1. The zero-order valence-corrected chi connectivity index (χ0v) is 9.51. The van der Waals surface area contributed by atoms with Crippen LogP contribution in [0.4, 0.5) is 0 Å². The lowest BCUT2D eigenvalue weighted by atomic mass is 10.2. The first-order valence-electron chi connectivity index (χ1n) is 5.41. The van der Waals surface area contributed by atoms with Crippen LogP contribution in [0, 0.1) is 0 Å². The van der Waals surface area contributed by atoms with E-state index in [0.717, 1.165) is 16.6 Å². The molecule has 2 aromatic heterocycles. The van der Waals surface area contributed by atoms with Crippen LogP contribution >= 0.6 is 0 Å². The van der Waals surface area contributed by atoms with E-state index in [1.54, 1.807) is 25.4 Å². The van der Waals surface area contributed by atoms with Crippen LogP contribution in [-0.4, -0.2) is 27.8 Å². The van der Waals surface area contributed by atoms with Gasteiger partial charge in [-0.3, -0.25) is 14.9 Å². The number of carbonyl (C=O) groups is 1. The summed E-state index contributed by atoms with van der Waals surface area (Å²) < 4.78 is 4.82. The van der Waals surface area contributed by atoms with Crippen LogP contribution in [0.3, 0.4) is 0 Å². The molecule has 2 heterocycles. The van der Waals surface area contributed by atoms with Crippen molar-refractivity contribution in [2.24, 2.45) is 0 Å². The van der Waals surface area contributed by atoms with Crippen molar-refractivity contribution < 1.29 is 9.53 Å². The zero-order valence-electron chi connectivity index (χ0n) is 9.51. The monoisotopic (exact) mass is 231 g/mol. The maximum absolute atomic E-state index is 11.1. The Hall–Kier alpha value is -2.17. The van der Waals surface area contributed by atoms with E-state index in [1.165, 1.54) is 0 Å². The van der Waals surface area contributed by atoms with Gasteiger partial charge in [0.2, 0.25) is 0 Å². The fourth-order valence-corrected chi connectivity index (χ4v) is 1.45. The molecule has 17 heavy (non-hydrogen) atoms.